The highest BCUT2D eigenvalue weighted by molar-refractivity contribution is 7.14. The van der Waals surface area contributed by atoms with Crippen LogP contribution in [0.15, 0.2) is 6.07 Å². The fourth-order valence-corrected chi connectivity index (χ4v) is 3.38. The summed E-state index contributed by atoms with van der Waals surface area (Å²) < 4.78 is 9.39. The number of carbonyl (C=O) groups is 1. The Balaban J connectivity index is 1.78. The van der Waals surface area contributed by atoms with Crippen LogP contribution in [-0.4, -0.2) is 21.9 Å². The number of hydrogen-bond donors (Lipinski definition) is 1. The predicted octanol–water partition coefficient (Wildman–Crippen LogP) is 2.23. The van der Waals surface area contributed by atoms with Crippen molar-refractivity contribution in [3.63, 3.8) is 0 Å². The van der Waals surface area contributed by atoms with E-state index in [0.717, 1.165) is 18.6 Å². The third kappa shape index (κ3) is 2.29. The first-order valence-electron chi connectivity index (χ1n) is 5.53. The topological polar surface area (TPSA) is 64.1 Å². The first kappa shape index (κ1) is 11.8. The van der Waals surface area contributed by atoms with E-state index in [1.807, 2.05) is 6.07 Å². The van der Waals surface area contributed by atoms with Crippen molar-refractivity contribution in [1.29, 1.82) is 0 Å². The first-order valence-corrected chi connectivity index (χ1v) is 7.12. The summed E-state index contributed by atoms with van der Waals surface area (Å²) in [5.74, 6) is 0.555. The molecule has 2 aromatic heterocycles. The molecule has 94 valence electrons. The van der Waals surface area contributed by atoms with Crippen molar-refractivity contribution in [3.8, 4) is 0 Å². The van der Waals surface area contributed by atoms with E-state index in [2.05, 4.69) is 14.7 Å². The van der Waals surface area contributed by atoms with Crippen LogP contribution in [-0.2, 0) is 17.8 Å². The van der Waals surface area contributed by atoms with Gasteiger partial charge in [0.25, 0.3) is 5.91 Å². The minimum absolute atomic E-state index is 0.120. The summed E-state index contributed by atoms with van der Waals surface area (Å²) in [4.78, 5) is 18.1. The first-order chi connectivity index (χ1) is 8.72. The molecular formula is C11H11N3O2S2. The maximum atomic E-state index is 12.0. The normalized spacial score (nSPS) is 14.3. The Bertz CT molecular complexity index is 567. The number of amides is 1. The summed E-state index contributed by atoms with van der Waals surface area (Å²) in [6.45, 7) is 3.15. The molecule has 3 rings (SSSR count). The highest BCUT2D eigenvalue weighted by Crippen LogP contribution is 2.27. The van der Waals surface area contributed by atoms with Gasteiger partial charge in [0.05, 0.1) is 18.1 Å². The quantitative estimate of drug-likeness (QED) is 0.917. The van der Waals surface area contributed by atoms with Gasteiger partial charge < -0.3 is 4.74 Å². The van der Waals surface area contributed by atoms with E-state index in [-0.39, 0.29) is 5.91 Å². The molecule has 7 heteroatoms. The van der Waals surface area contributed by atoms with Crippen LogP contribution in [0.2, 0.25) is 0 Å². The van der Waals surface area contributed by atoms with Gasteiger partial charge in [-0.3, -0.25) is 10.1 Å². The number of nitrogens with one attached hydrogen (secondary N) is 1. The number of fused-ring (bicyclic) bond motifs is 1. The number of hydrogen-bond acceptors (Lipinski definition) is 6. The van der Waals surface area contributed by atoms with E-state index in [0.29, 0.717) is 22.4 Å². The maximum Gasteiger partial charge on any atom is 0.267 e. The van der Waals surface area contributed by atoms with Crippen molar-refractivity contribution in [1.82, 2.24) is 9.36 Å². The number of thiophene rings is 1. The maximum absolute atomic E-state index is 12.0. The Morgan fingerprint density at radius 2 is 2.44 bits per heavy atom. The number of carbonyl (C=O) groups excluding carboxylic acids is 1. The van der Waals surface area contributed by atoms with E-state index >= 15 is 0 Å². The fourth-order valence-electron chi connectivity index (χ4n) is 1.77. The second-order valence-corrected chi connectivity index (χ2v) is 5.85. The number of rotatable bonds is 2. The molecule has 1 aliphatic heterocycles. The van der Waals surface area contributed by atoms with Gasteiger partial charge in [-0.05, 0) is 18.6 Å². The lowest BCUT2D eigenvalue weighted by Crippen LogP contribution is -2.09. The minimum atomic E-state index is -0.120. The lowest BCUT2D eigenvalue weighted by atomic mass is 10.2. The highest BCUT2D eigenvalue weighted by atomic mass is 32.1. The second-order valence-electron chi connectivity index (χ2n) is 3.96. The third-order valence-electron chi connectivity index (χ3n) is 2.60. The molecule has 0 atom stereocenters. The number of ether oxygens (including phenoxy) is 1. The standard InChI is InChI=1S/C11H11N3O2S2/c1-6-12-11(18-14-6)13-10(15)9-4-7-5-16-3-2-8(7)17-9/h4H,2-3,5H2,1H3,(H,12,13,14,15). The second kappa shape index (κ2) is 4.75. The Morgan fingerprint density at radius 3 is 3.17 bits per heavy atom. The molecule has 1 aliphatic rings. The predicted molar refractivity (Wildman–Crippen MR) is 70.3 cm³/mol. The van der Waals surface area contributed by atoms with Crippen LogP contribution in [0, 0.1) is 6.92 Å². The minimum Gasteiger partial charge on any atom is -0.376 e. The average molecular weight is 281 g/mol. The lowest BCUT2D eigenvalue weighted by molar-refractivity contribution is 0.102. The summed E-state index contributed by atoms with van der Waals surface area (Å²) in [6.07, 6.45) is 0.894. The average Bonchev–Trinajstić information content (AvgIpc) is 2.95. The van der Waals surface area contributed by atoms with Crippen LogP contribution < -0.4 is 5.32 Å². The summed E-state index contributed by atoms with van der Waals surface area (Å²) in [5.41, 5.74) is 1.13. The fraction of sp³-hybridized carbons (Fsp3) is 0.364. The molecule has 2 aromatic rings. The van der Waals surface area contributed by atoms with Gasteiger partial charge in [-0.2, -0.15) is 4.37 Å². The van der Waals surface area contributed by atoms with Crippen LogP contribution in [0.1, 0.15) is 25.9 Å². The lowest BCUT2D eigenvalue weighted by Gasteiger charge is -2.10. The van der Waals surface area contributed by atoms with Gasteiger partial charge >= 0.3 is 0 Å². The monoisotopic (exact) mass is 281 g/mol. The Kier molecular flexibility index (Phi) is 3.11. The van der Waals surface area contributed by atoms with Crippen LogP contribution >= 0.6 is 22.9 Å². The summed E-state index contributed by atoms with van der Waals surface area (Å²) in [6, 6.07) is 1.91. The Labute approximate surface area is 112 Å². The van der Waals surface area contributed by atoms with E-state index < -0.39 is 0 Å². The molecule has 0 aliphatic carbocycles. The molecule has 0 saturated heterocycles. The molecule has 1 amide bonds. The molecule has 5 nitrogen and oxygen atoms in total. The van der Waals surface area contributed by atoms with Crippen molar-refractivity contribution in [2.75, 3.05) is 11.9 Å². The molecule has 0 radical (unpaired) electrons. The zero-order valence-electron chi connectivity index (χ0n) is 9.73. The van der Waals surface area contributed by atoms with Crippen molar-refractivity contribution in [3.05, 3.63) is 27.2 Å². The van der Waals surface area contributed by atoms with Gasteiger partial charge in [-0.25, -0.2) is 4.98 Å². The van der Waals surface area contributed by atoms with Crippen LogP contribution in [0.4, 0.5) is 5.13 Å². The zero-order valence-corrected chi connectivity index (χ0v) is 11.4. The Hall–Kier alpha value is -1.31. The van der Waals surface area contributed by atoms with Crippen molar-refractivity contribution in [2.24, 2.45) is 0 Å². The number of aromatic nitrogens is 2. The van der Waals surface area contributed by atoms with Gasteiger partial charge in [-0.1, -0.05) is 0 Å². The Morgan fingerprint density at radius 1 is 1.56 bits per heavy atom. The van der Waals surface area contributed by atoms with E-state index in [4.69, 9.17) is 4.74 Å². The van der Waals surface area contributed by atoms with Crippen LogP contribution in [0.25, 0.3) is 0 Å². The van der Waals surface area contributed by atoms with Crippen molar-refractivity contribution in [2.45, 2.75) is 20.0 Å². The molecule has 0 aromatic carbocycles. The molecule has 18 heavy (non-hydrogen) atoms. The molecular weight excluding hydrogens is 270 g/mol. The molecule has 0 saturated carbocycles. The molecule has 0 fully saturated rings. The number of nitrogens with zero attached hydrogens (tertiary/aromatic N) is 2. The molecule has 0 spiro atoms. The van der Waals surface area contributed by atoms with Gasteiger partial charge in [0, 0.05) is 22.8 Å². The number of aryl methyl sites for hydroxylation is 1. The van der Waals surface area contributed by atoms with Crippen LogP contribution in [0.3, 0.4) is 0 Å². The molecule has 0 unspecified atom stereocenters. The highest BCUT2D eigenvalue weighted by Gasteiger charge is 2.18. The smallest absolute Gasteiger partial charge is 0.267 e. The van der Waals surface area contributed by atoms with E-state index in [9.17, 15) is 4.79 Å². The molecule has 0 bridgehead atoms. The SMILES string of the molecule is Cc1nsc(NC(=O)c2cc3c(s2)CCOC3)n1. The van der Waals surface area contributed by atoms with Gasteiger partial charge in [0.15, 0.2) is 0 Å². The van der Waals surface area contributed by atoms with E-state index in [1.54, 1.807) is 6.92 Å². The summed E-state index contributed by atoms with van der Waals surface area (Å²) >= 11 is 2.73. The molecule has 1 N–H and O–H groups in total. The van der Waals surface area contributed by atoms with E-state index in [1.165, 1.54) is 27.7 Å². The van der Waals surface area contributed by atoms with Crippen molar-refractivity contribution >= 4 is 33.9 Å². The van der Waals surface area contributed by atoms with Gasteiger partial charge in [0.2, 0.25) is 5.13 Å². The summed E-state index contributed by atoms with van der Waals surface area (Å²) in [5, 5.41) is 3.31. The summed E-state index contributed by atoms with van der Waals surface area (Å²) in [7, 11) is 0. The van der Waals surface area contributed by atoms with Gasteiger partial charge in [-0.15, -0.1) is 11.3 Å². The van der Waals surface area contributed by atoms with Crippen LogP contribution in [0.5, 0.6) is 0 Å². The molecule has 3 heterocycles. The number of anilines is 1. The van der Waals surface area contributed by atoms with Gasteiger partial charge in [0.1, 0.15) is 5.82 Å². The largest absolute Gasteiger partial charge is 0.376 e. The van der Waals surface area contributed by atoms with Crippen molar-refractivity contribution < 1.29 is 9.53 Å². The third-order valence-corrected chi connectivity index (χ3v) is 4.56. The zero-order chi connectivity index (χ0) is 12.5.